The van der Waals surface area contributed by atoms with Crippen LogP contribution < -0.4 is 5.32 Å². The zero-order valence-electron chi connectivity index (χ0n) is 12.8. The SMILES string of the molecule is COCCC(NC(=O)Cc1cnn(-c2ccccc2)c1)C(=O)O. The van der Waals surface area contributed by atoms with E-state index in [1.54, 1.807) is 17.1 Å². The van der Waals surface area contributed by atoms with Crippen molar-refractivity contribution in [3.8, 4) is 5.69 Å². The van der Waals surface area contributed by atoms with E-state index in [9.17, 15) is 9.59 Å². The van der Waals surface area contributed by atoms with E-state index in [0.29, 0.717) is 5.56 Å². The lowest BCUT2D eigenvalue weighted by molar-refractivity contribution is -0.142. The van der Waals surface area contributed by atoms with E-state index in [0.717, 1.165) is 5.69 Å². The number of aliphatic carboxylic acids is 1. The lowest BCUT2D eigenvalue weighted by Crippen LogP contribution is -2.42. The minimum Gasteiger partial charge on any atom is -0.480 e. The number of nitrogens with zero attached hydrogens (tertiary/aromatic N) is 2. The van der Waals surface area contributed by atoms with Gasteiger partial charge in [-0.15, -0.1) is 0 Å². The molecule has 1 unspecified atom stereocenters. The highest BCUT2D eigenvalue weighted by Crippen LogP contribution is 2.08. The topological polar surface area (TPSA) is 93.5 Å². The number of ether oxygens (including phenoxy) is 1. The van der Waals surface area contributed by atoms with E-state index >= 15 is 0 Å². The van der Waals surface area contributed by atoms with Crippen molar-refractivity contribution in [1.29, 1.82) is 0 Å². The molecule has 1 heterocycles. The Bertz CT molecular complexity index is 654. The summed E-state index contributed by atoms with van der Waals surface area (Å²) in [5.41, 5.74) is 1.60. The molecule has 0 saturated heterocycles. The van der Waals surface area contributed by atoms with Crippen molar-refractivity contribution in [1.82, 2.24) is 15.1 Å². The first kappa shape index (κ1) is 16.7. The monoisotopic (exact) mass is 317 g/mol. The summed E-state index contributed by atoms with van der Waals surface area (Å²) >= 11 is 0. The first-order valence-corrected chi connectivity index (χ1v) is 7.20. The molecule has 0 bridgehead atoms. The number of rotatable bonds is 8. The molecule has 1 amide bonds. The zero-order valence-corrected chi connectivity index (χ0v) is 12.8. The number of carboxylic acid groups (broad SMARTS) is 1. The fraction of sp³-hybridized carbons (Fsp3) is 0.312. The molecule has 0 aliphatic heterocycles. The summed E-state index contributed by atoms with van der Waals surface area (Å²) in [4.78, 5) is 23.1. The molecular formula is C16H19N3O4. The first-order chi connectivity index (χ1) is 11.1. The predicted molar refractivity (Wildman–Crippen MR) is 83.3 cm³/mol. The molecule has 23 heavy (non-hydrogen) atoms. The van der Waals surface area contributed by atoms with Crippen LogP contribution in [0.25, 0.3) is 5.69 Å². The van der Waals surface area contributed by atoms with E-state index in [1.165, 1.54) is 7.11 Å². The van der Waals surface area contributed by atoms with Gasteiger partial charge in [0.25, 0.3) is 0 Å². The summed E-state index contributed by atoms with van der Waals surface area (Å²) in [6.07, 6.45) is 3.64. The van der Waals surface area contributed by atoms with Gasteiger partial charge in [-0.3, -0.25) is 4.79 Å². The number of hydrogen-bond acceptors (Lipinski definition) is 4. The molecule has 0 fully saturated rings. The molecule has 0 saturated carbocycles. The molecule has 1 aromatic carbocycles. The molecule has 0 aliphatic carbocycles. The molecule has 7 heteroatoms. The number of nitrogens with one attached hydrogen (secondary N) is 1. The van der Waals surface area contributed by atoms with Crippen LogP contribution in [0.5, 0.6) is 0 Å². The number of aromatic nitrogens is 2. The summed E-state index contributed by atoms with van der Waals surface area (Å²) in [5, 5.41) is 15.8. The standard InChI is InChI=1S/C16H19N3O4/c1-23-8-7-14(16(21)22)18-15(20)9-12-10-17-19(11-12)13-5-3-2-4-6-13/h2-6,10-11,14H,7-9H2,1H3,(H,18,20)(H,21,22). The number of amides is 1. The molecule has 1 atom stereocenters. The third kappa shape index (κ3) is 4.93. The number of carbonyl (C=O) groups is 2. The molecule has 0 spiro atoms. The first-order valence-electron chi connectivity index (χ1n) is 7.20. The van der Waals surface area contributed by atoms with Crippen LogP contribution in [0, 0.1) is 0 Å². The van der Waals surface area contributed by atoms with Crippen LogP contribution in [0.3, 0.4) is 0 Å². The van der Waals surface area contributed by atoms with Crippen molar-refractivity contribution in [3.63, 3.8) is 0 Å². The van der Waals surface area contributed by atoms with Gasteiger partial charge in [-0.05, 0) is 17.7 Å². The number of carboxylic acids is 1. The smallest absolute Gasteiger partial charge is 0.326 e. The van der Waals surface area contributed by atoms with Crippen LogP contribution >= 0.6 is 0 Å². The molecule has 1 aromatic heterocycles. The van der Waals surface area contributed by atoms with Crippen molar-refractivity contribution in [2.45, 2.75) is 18.9 Å². The number of hydrogen-bond donors (Lipinski definition) is 2. The van der Waals surface area contributed by atoms with E-state index < -0.39 is 12.0 Å². The van der Waals surface area contributed by atoms with Gasteiger partial charge < -0.3 is 15.2 Å². The highest BCUT2D eigenvalue weighted by atomic mass is 16.5. The predicted octanol–water partition coefficient (Wildman–Crippen LogP) is 1.02. The van der Waals surface area contributed by atoms with Crippen LogP contribution in [-0.2, 0) is 20.7 Å². The van der Waals surface area contributed by atoms with Crippen LogP contribution in [-0.4, -0.2) is 46.5 Å². The van der Waals surface area contributed by atoms with Crippen molar-refractivity contribution in [2.24, 2.45) is 0 Å². The summed E-state index contributed by atoms with van der Waals surface area (Å²) in [6, 6.07) is 8.57. The lowest BCUT2D eigenvalue weighted by atomic mass is 10.2. The number of carbonyl (C=O) groups excluding carboxylic acids is 1. The maximum atomic E-state index is 12.0. The van der Waals surface area contributed by atoms with Crippen LogP contribution in [0.2, 0.25) is 0 Å². The summed E-state index contributed by atoms with van der Waals surface area (Å²) in [7, 11) is 1.48. The van der Waals surface area contributed by atoms with Gasteiger partial charge in [-0.1, -0.05) is 18.2 Å². The highest BCUT2D eigenvalue weighted by Gasteiger charge is 2.19. The second kappa shape index (κ2) is 8.09. The van der Waals surface area contributed by atoms with Gasteiger partial charge in [-0.25, -0.2) is 9.48 Å². The van der Waals surface area contributed by atoms with Crippen molar-refractivity contribution >= 4 is 11.9 Å². The number of benzene rings is 1. The zero-order chi connectivity index (χ0) is 16.7. The minimum atomic E-state index is -1.07. The van der Waals surface area contributed by atoms with E-state index in [-0.39, 0.29) is 25.4 Å². The van der Waals surface area contributed by atoms with Crippen LogP contribution in [0.15, 0.2) is 42.7 Å². The Morgan fingerprint density at radius 3 is 2.74 bits per heavy atom. The second-order valence-electron chi connectivity index (χ2n) is 5.05. The Labute approximate surface area is 133 Å². The Hall–Kier alpha value is -2.67. The Kier molecular flexibility index (Phi) is 5.87. The van der Waals surface area contributed by atoms with Crippen LogP contribution in [0.4, 0.5) is 0 Å². The molecule has 0 radical (unpaired) electrons. The van der Waals surface area contributed by atoms with Crippen molar-refractivity contribution in [3.05, 3.63) is 48.3 Å². The van der Waals surface area contributed by atoms with E-state index in [4.69, 9.17) is 9.84 Å². The molecular weight excluding hydrogens is 298 g/mol. The average Bonchev–Trinajstić information content (AvgIpc) is 3.00. The fourth-order valence-electron chi connectivity index (χ4n) is 2.10. The normalized spacial score (nSPS) is 11.9. The van der Waals surface area contributed by atoms with Gasteiger partial charge in [0, 0.05) is 26.3 Å². The average molecular weight is 317 g/mol. The van der Waals surface area contributed by atoms with Crippen molar-refractivity contribution in [2.75, 3.05) is 13.7 Å². The largest absolute Gasteiger partial charge is 0.480 e. The fourth-order valence-corrected chi connectivity index (χ4v) is 2.10. The number of methoxy groups -OCH3 is 1. The minimum absolute atomic E-state index is 0.0730. The quantitative estimate of drug-likeness (QED) is 0.758. The Morgan fingerprint density at radius 1 is 1.35 bits per heavy atom. The molecule has 7 nitrogen and oxygen atoms in total. The van der Waals surface area contributed by atoms with Crippen molar-refractivity contribution < 1.29 is 19.4 Å². The Morgan fingerprint density at radius 2 is 2.09 bits per heavy atom. The molecule has 0 aliphatic rings. The summed E-state index contributed by atoms with van der Waals surface area (Å²) in [5.74, 6) is -1.43. The van der Waals surface area contributed by atoms with E-state index in [2.05, 4.69) is 10.4 Å². The van der Waals surface area contributed by atoms with Gasteiger partial charge in [-0.2, -0.15) is 5.10 Å². The molecule has 2 N–H and O–H groups in total. The van der Waals surface area contributed by atoms with Gasteiger partial charge in [0.15, 0.2) is 0 Å². The van der Waals surface area contributed by atoms with Gasteiger partial charge in [0.2, 0.25) is 5.91 Å². The molecule has 2 aromatic rings. The highest BCUT2D eigenvalue weighted by molar-refractivity contribution is 5.84. The maximum absolute atomic E-state index is 12.0. The third-order valence-electron chi connectivity index (χ3n) is 3.27. The number of para-hydroxylation sites is 1. The molecule has 2 rings (SSSR count). The molecule has 122 valence electrons. The maximum Gasteiger partial charge on any atom is 0.326 e. The second-order valence-corrected chi connectivity index (χ2v) is 5.05. The lowest BCUT2D eigenvalue weighted by Gasteiger charge is -2.13. The van der Waals surface area contributed by atoms with Gasteiger partial charge >= 0.3 is 5.97 Å². The Balaban J connectivity index is 1.95. The van der Waals surface area contributed by atoms with Gasteiger partial charge in [0.05, 0.1) is 18.3 Å². The summed E-state index contributed by atoms with van der Waals surface area (Å²) in [6.45, 7) is 0.267. The van der Waals surface area contributed by atoms with Gasteiger partial charge in [0.1, 0.15) is 6.04 Å². The third-order valence-corrected chi connectivity index (χ3v) is 3.27. The summed E-state index contributed by atoms with van der Waals surface area (Å²) < 4.78 is 6.52. The van der Waals surface area contributed by atoms with Crippen LogP contribution in [0.1, 0.15) is 12.0 Å². The van der Waals surface area contributed by atoms with E-state index in [1.807, 2.05) is 30.3 Å².